The molecule has 2 aromatic carbocycles. The van der Waals surface area contributed by atoms with E-state index in [1.54, 1.807) is 24.3 Å². The van der Waals surface area contributed by atoms with Crippen LogP contribution in [0.15, 0.2) is 42.5 Å². The van der Waals surface area contributed by atoms with E-state index < -0.39 is 0 Å². The zero-order valence-corrected chi connectivity index (χ0v) is 16.1. The first-order valence-electron chi connectivity index (χ1n) is 7.55. The van der Waals surface area contributed by atoms with Gasteiger partial charge < -0.3 is 10.6 Å². The molecule has 0 bridgehead atoms. The molecule has 2 N–H and O–H groups in total. The summed E-state index contributed by atoms with van der Waals surface area (Å²) in [7, 11) is 0. The van der Waals surface area contributed by atoms with Crippen molar-refractivity contribution in [3.05, 3.63) is 62.2 Å². The first-order valence-corrected chi connectivity index (χ1v) is 9.01. The zero-order chi connectivity index (χ0) is 17.5. The molecule has 0 saturated heterocycles. The molecule has 0 saturated carbocycles. The van der Waals surface area contributed by atoms with E-state index in [0.717, 1.165) is 14.8 Å². The van der Waals surface area contributed by atoms with Crippen molar-refractivity contribution in [2.24, 2.45) is 0 Å². The lowest BCUT2D eigenvalue weighted by Gasteiger charge is -2.09. The summed E-state index contributed by atoms with van der Waals surface area (Å²) < 4.78 is 1.13. The summed E-state index contributed by atoms with van der Waals surface area (Å²) in [5, 5.41) is 6.28. The van der Waals surface area contributed by atoms with Gasteiger partial charge in [-0.05, 0) is 84.0 Å². The molecule has 2 rings (SSSR count). The average molecular weight is 457 g/mol. The number of amides is 2. The lowest BCUT2D eigenvalue weighted by atomic mass is 10.2. The van der Waals surface area contributed by atoms with Crippen molar-refractivity contribution in [2.45, 2.75) is 19.8 Å². The Bertz CT molecular complexity index is 732. The molecule has 0 unspecified atom stereocenters. The molecule has 0 aliphatic carbocycles. The van der Waals surface area contributed by atoms with E-state index in [1.807, 2.05) is 25.1 Å². The molecule has 2 amide bonds. The third-order valence-corrected chi connectivity index (χ3v) is 4.36. The molecule has 4 nitrogen and oxygen atoms in total. The van der Waals surface area contributed by atoms with Crippen LogP contribution in [0.5, 0.6) is 0 Å². The summed E-state index contributed by atoms with van der Waals surface area (Å²) in [6.45, 7) is 2.41. The molecule has 0 fully saturated rings. The zero-order valence-electron chi connectivity index (χ0n) is 13.2. The third kappa shape index (κ3) is 5.79. The SMILES string of the molecule is Cc1cc(I)ccc1NC(=O)CCCNC(=O)c1ccc(Cl)cc1. The minimum absolute atomic E-state index is 0.0555. The number of anilines is 1. The topological polar surface area (TPSA) is 58.2 Å². The second kappa shape index (κ2) is 9.03. The molecule has 24 heavy (non-hydrogen) atoms. The van der Waals surface area contributed by atoms with Gasteiger partial charge in [0.25, 0.3) is 5.91 Å². The maximum atomic E-state index is 12.0. The van der Waals surface area contributed by atoms with Crippen molar-refractivity contribution in [3.63, 3.8) is 0 Å². The van der Waals surface area contributed by atoms with Gasteiger partial charge in [0, 0.05) is 32.8 Å². The molecule has 0 aromatic heterocycles. The molecular weight excluding hydrogens is 439 g/mol. The van der Waals surface area contributed by atoms with E-state index in [1.165, 1.54) is 0 Å². The Hall–Kier alpha value is -1.60. The first-order chi connectivity index (χ1) is 11.5. The fourth-order valence-corrected chi connectivity index (χ4v) is 2.91. The molecule has 0 radical (unpaired) electrons. The molecule has 0 spiro atoms. The van der Waals surface area contributed by atoms with Crippen molar-refractivity contribution >= 4 is 51.7 Å². The Balaban J connectivity index is 1.72. The standard InChI is InChI=1S/C18H18ClIN2O2/c1-12-11-15(20)8-9-16(12)22-17(23)3-2-10-21-18(24)13-4-6-14(19)7-5-13/h4-9,11H,2-3,10H2,1H3,(H,21,24)(H,22,23). The van der Waals surface area contributed by atoms with Crippen molar-refractivity contribution in [1.82, 2.24) is 5.32 Å². The Labute approximate surface area is 160 Å². The number of carbonyl (C=O) groups excluding carboxylic acids is 2. The Kier molecular flexibility index (Phi) is 7.05. The number of hydrogen-bond donors (Lipinski definition) is 2. The molecule has 2 aromatic rings. The van der Waals surface area contributed by atoms with E-state index in [-0.39, 0.29) is 11.8 Å². The van der Waals surface area contributed by atoms with E-state index in [4.69, 9.17) is 11.6 Å². The second-order valence-corrected chi connectivity index (χ2v) is 7.06. The summed E-state index contributed by atoms with van der Waals surface area (Å²) in [4.78, 5) is 23.9. The third-order valence-electron chi connectivity index (χ3n) is 3.44. The number of benzene rings is 2. The minimum Gasteiger partial charge on any atom is -0.352 e. The van der Waals surface area contributed by atoms with Crippen LogP contribution < -0.4 is 10.6 Å². The van der Waals surface area contributed by atoms with Gasteiger partial charge in [0.05, 0.1) is 0 Å². The van der Waals surface area contributed by atoms with Crippen molar-refractivity contribution in [3.8, 4) is 0 Å². The van der Waals surface area contributed by atoms with Gasteiger partial charge in [-0.2, -0.15) is 0 Å². The van der Waals surface area contributed by atoms with E-state index in [0.29, 0.717) is 30.0 Å². The van der Waals surface area contributed by atoms with Crippen LogP contribution in [0.25, 0.3) is 0 Å². The van der Waals surface area contributed by atoms with Gasteiger partial charge in [-0.25, -0.2) is 0 Å². The Morgan fingerprint density at radius 2 is 1.83 bits per heavy atom. The van der Waals surface area contributed by atoms with Gasteiger partial charge >= 0.3 is 0 Å². The molecule has 0 aliphatic heterocycles. The number of hydrogen-bond acceptors (Lipinski definition) is 2. The number of carbonyl (C=O) groups is 2. The number of rotatable bonds is 6. The van der Waals surface area contributed by atoms with E-state index in [2.05, 4.69) is 33.2 Å². The van der Waals surface area contributed by atoms with E-state index >= 15 is 0 Å². The predicted molar refractivity (Wildman–Crippen MR) is 106 cm³/mol. The van der Waals surface area contributed by atoms with Crippen molar-refractivity contribution in [2.75, 3.05) is 11.9 Å². The van der Waals surface area contributed by atoms with Crippen LogP contribution in [0, 0.1) is 10.5 Å². The summed E-state index contributed by atoms with van der Waals surface area (Å²) in [5.41, 5.74) is 2.41. The Morgan fingerprint density at radius 1 is 1.12 bits per heavy atom. The Morgan fingerprint density at radius 3 is 2.50 bits per heavy atom. The quantitative estimate of drug-likeness (QED) is 0.500. The maximum absolute atomic E-state index is 12.0. The van der Waals surface area contributed by atoms with Gasteiger partial charge in [0.15, 0.2) is 0 Å². The molecular formula is C18H18ClIN2O2. The summed E-state index contributed by atoms with van der Waals surface area (Å²) in [6.07, 6.45) is 0.931. The fraction of sp³-hybridized carbons (Fsp3) is 0.222. The highest BCUT2D eigenvalue weighted by atomic mass is 127. The highest BCUT2D eigenvalue weighted by Gasteiger charge is 2.07. The van der Waals surface area contributed by atoms with Gasteiger partial charge in [0.2, 0.25) is 5.91 Å². The van der Waals surface area contributed by atoms with Crippen LogP contribution in [0.1, 0.15) is 28.8 Å². The molecule has 126 valence electrons. The molecule has 0 heterocycles. The summed E-state index contributed by atoms with van der Waals surface area (Å²) >= 11 is 8.02. The summed E-state index contributed by atoms with van der Waals surface area (Å²) in [6, 6.07) is 12.6. The van der Waals surface area contributed by atoms with Gasteiger partial charge in [-0.1, -0.05) is 11.6 Å². The van der Waals surface area contributed by atoms with Crippen LogP contribution in [0.3, 0.4) is 0 Å². The number of halogens is 2. The monoisotopic (exact) mass is 456 g/mol. The van der Waals surface area contributed by atoms with Gasteiger partial charge in [0.1, 0.15) is 0 Å². The van der Waals surface area contributed by atoms with Crippen LogP contribution in [-0.2, 0) is 4.79 Å². The fourth-order valence-electron chi connectivity index (χ4n) is 2.13. The lowest BCUT2D eigenvalue weighted by Crippen LogP contribution is -2.25. The molecule has 0 aliphatic rings. The smallest absolute Gasteiger partial charge is 0.251 e. The highest BCUT2D eigenvalue weighted by molar-refractivity contribution is 14.1. The number of nitrogens with one attached hydrogen (secondary N) is 2. The molecule has 6 heteroatoms. The van der Waals surface area contributed by atoms with Crippen LogP contribution >= 0.6 is 34.2 Å². The second-order valence-electron chi connectivity index (χ2n) is 5.37. The van der Waals surface area contributed by atoms with Gasteiger partial charge in [-0.15, -0.1) is 0 Å². The number of aryl methyl sites for hydroxylation is 1. The van der Waals surface area contributed by atoms with Crippen LogP contribution in [0.2, 0.25) is 5.02 Å². The van der Waals surface area contributed by atoms with Crippen LogP contribution in [-0.4, -0.2) is 18.4 Å². The van der Waals surface area contributed by atoms with Gasteiger partial charge in [-0.3, -0.25) is 9.59 Å². The maximum Gasteiger partial charge on any atom is 0.251 e. The summed E-state index contributed by atoms with van der Waals surface area (Å²) in [5.74, 6) is -0.222. The average Bonchev–Trinajstić information content (AvgIpc) is 2.55. The van der Waals surface area contributed by atoms with E-state index in [9.17, 15) is 9.59 Å². The lowest BCUT2D eigenvalue weighted by molar-refractivity contribution is -0.116. The predicted octanol–water partition coefficient (Wildman–Crippen LogP) is 4.40. The van der Waals surface area contributed by atoms with Crippen molar-refractivity contribution in [1.29, 1.82) is 0 Å². The normalized spacial score (nSPS) is 10.3. The highest BCUT2D eigenvalue weighted by Crippen LogP contribution is 2.18. The van der Waals surface area contributed by atoms with Crippen molar-refractivity contribution < 1.29 is 9.59 Å². The van der Waals surface area contributed by atoms with Crippen LogP contribution in [0.4, 0.5) is 5.69 Å². The largest absolute Gasteiger partial charge is 0.352 e. The molecule has 0 atom stereocenters. The first kappa shape index (κ1) is 18.7. The minimum atomic E-state index is -0.166.